The van der Waals surface area contributed by atoms with Gasteiger partial charge in [-0.1, -0.05) is 13.8 Å². The van der Waals surface area contributed by atoms with Gasteiger partial charge in [0.1, 0.15) is 6.61 Å². The Bertz CT molecular complexity index is 790. The van der Waals surface area contributed by atoms with Crippen LogP contribution in [0.15, 0.2) is 35.1 Å². The van der Waals surface area contributed by atoms with E-state index in [4.69, 9.17) is 9.47 Å². The summed E-state index contributed by atoms with van der Waals surface area (Å²) in [5.41, 5.74) is 1.66. The second-order valence-electron chi connectivity index (χ2n) is 5.98. The van der Waals surface area contributed by atoms with E-state index in [2.05, 4.69) is 29.1 Å². The topological polar surface area (TPSA) is 93.3 Å². The van der Waals surface area contributed by atoms with Gasteiger partial charge in [-0.15, -0.1) is 0 Å². The van der Waals surface area contributed by atoms with Crippen LogP contribution in [0.4, 0.5) is 11.6 Å². The van der Waals surface area contributed by atoms with Gasteiger partial charge in [0, 0.05) is 24.1 Å². The van der Waals surface area contributed by atoms with Crippen LogP contribution in [0.25, 0.3) is 0 Å². The van der Waals surface area contributed by atoms with E-state index < -0.39 is 5.97 Å². The van der Waals surface area contributed by atoms with E-state index in [1.807, 2.05) is 6.92 Å². The first kappa shape index (κ1) is 21.0. The molecule has 0 aliphatic rings. The number of thioether (sulfide) groups is 1. The second-order valence-corrected chi connectivity index (χ2v) is 7.55. The van der Waals surface area contributed by atoms with Crippen LogP contribution in [0, 0.1) is 0 Å². The van der Waals surface area contributed by atoms with Gasteiger partial charge in [0.25, 0.3) is 5.56 Å². The molecule has 0 saturated heterocycles. The van der Waals surface area contributed by atoms with Crippen LogP contribution in [0.2, 0.25) is 0 Å². The Hall–Kier alpha value is -2.32. The highest BCUT2D eigenvalue weighted by Crippen LogP contribution is 2.17. The Labute approximate surface area is 162 Å². The van der Waals surface area contributed by atoms with Gasteiger partial charge in [-0.25, -0.2) is 9.78 Å². The molecule has 1 aromatic heterocycles. The molecular weight excluding hydrogens is 366 g/mol. The summed E-state index contributed by atoms with van der Waals surface area (Å²) >= 11 is 1.72. The number of nitrogens with one attached hydrogen (secondary N) is 2. The zero-order valence-corrected chi connectivity index (χ0v) is 16.6. The Balaban J connectivity index is 1.97. The molecule has 1 heterocycles. The summed E-state index contributed by atoms with van der Waals surface area (Å²) in [6.07, 6.45) is 0. The molecule has 0 aliphatic carbocycles. The number of aromatic amines is 1. The predicted molar refractivity (Wildman–Crippen MR) is 108 cm³/mol. The first-order valence-corrected chi connectivity index (χ1v) is 9.86. The Morgan fingerprint density at radius 3 is 2.67 bits per heavy atom. The first-order chi connectivity index (χ1) is 13.0. The summed E-state index contributed by atoms with van der Waals surface area (Å²) < 4.78 is 10.2. The molecule has 1 aromatic carbocycles. The third kappa shape index (κ3) is 7.44. The second kappa shape index (κ2) is 10.7. The van der Waals surface area contributed by atoms with Crippen molar-refractivity contribution < 1.29 is 14.3 Å². The minimum Gasteiger partial charge on any atom is -0.460 e. The summed E-state index contributed by atoms with van der Waals surface area (Å²) in [5, 5.41) is 3.51. The Kier molecular flexibility index (Phi) is 8.35. The van der Waals surface area contributed by atoms with Crippen molar-refractivity contribution in [2.45, 2.75) is 31.8 Å². The van der Waals surface area contributed by atoms with Crippen LogP contribution in [0.1, 0.15) is 36.8 Å². The zero-order valence-electron chi connectivity index (χ0n) is 15.8. The molecular formula is C19H25N3O4S. The fraction of sp³-hybridized carbons (Fsp3) is 0.421. The molecule has 0 aliphatic heterocycles. The SMILES string of the molecule is CCOCCOC(=O)c1ccc(Nc2nc(CSC(C)C)cc(=O)[nH]2)cc1. The van der Waals surface area contributed by atoms with E-state index in [0.717, 1.165) is 5.69 Å². The van der Waals surface area contributed by atoms with Crippen molar-refractivity contribution >= 4 is 29.4 Å². The number of hydrogen-bond acceptors (Lipinski definition) is 7. The number of H-pyrrole nitrogens is 1. The van der Waals surface area contributed by atoms with Crippen molar-refractivity contribution in [3.63, 3.8) is 0 Å². The maximum atomic E-state index is 11.9. The molecule has 0 amide bonds. The first-order valence-electron chi connectivity index (χ1n) is 8.81. The molecule has 7 nitrogen and oxygen atoms in total. The Morgan fingerprint density at radius 1 is 1.26 bits per heavy atom. The monoisotopic (exact) mass is 391 g/mol. The van der Waals surface area contributed by atoms with E-state index in [1.165, 1.54) is 6.07 Å². The summed E-state index contributed by atoms with van der Waals surface area (Å²) in [7, 11) is 0. The molecule has 8 heteroatoms. The molecule has 2 N–H and O–H groups in total. The molecule has 0 unspecified atom stereocenters. The predicted octanol–water partition coefficient (Wildman–Crippen LogP) is 3.35. The third-order valence-electron chi connectivity index (χ3n) is 3.41. The van der Waals surface area contributed by atoms with Crippen LogP contribution in [0.3, 0.4) is 0 Å². The van der Waals surface area contributed by atoms with Gasteiger partial charge >= 0.3 is 5.97 Å². The number of nitrogens with zero attached hydrogens (tertiary/aromatic N) is 1. The number of aromatic nitrogens is 2. The highest BCUT2D eigenvalue weighted by atomic mass is 32.2. The zero-order chi connectivity index (χ0) is 19.6. The van der Waals surface area contributed by atoms with Crippen LogP contribution in [-0.4, -0.2) is 41.0 Å². The number of rotatable bonds is 10. The summed E-state index contributed by atoms with van der Waals surface area (Å²) in [6, 6.07) is 8.27. The maximum Gasteiger partial charge on any atom is 0.338 e. The minimum atomic E-state index is -0.402. The average Bonchev–Trinajstić information content (AvgIpc) is 2.63. The van der Waals surface area contributed by atoms with Gasteiger partial charge in [0.15, 0.2) is 0 Å². The van der Waals surface area contributed by atoms with E-state index in [1.54, 1.807) is 36.0 Å². The summed E-state index contributed by atoms with van der Waals surface area (Å²) in [6.45, 7) is 7.27. The fourth-order valence-electron chi connectivity index (χ4n) is 2.14. The molecule has 0 radical (unpaired) electrons. The smallest absolute Gasteiger partial charge is 0.338 e. The van der Waals surface area contributed by atoms with Gasteiger partial charge < -0.3 is 14.8 Å². The third-order valence-corrected chi connectivity index (χ3v) is 4.54. The fourth-order valence-corrected chi connectivity index (χ4v) is 2.79. The lowest BCUT2D eigenvalue weighted by molar-refractivity contribution is 0.0335. The number of benzene rings is 1. The lowest BCUT2D eigenvalue weighted by atomic mass is 10.2. The molecule has 0 spiro atoms. The quantitative estimate of drug-likeness (QED) is 0.474. The maximum absolute atomic E-state index is 11.9. The van der Waals surface area contributed by atoms with Crippen molar-refractivity contribution in [2.24, 2.45) is 0 Å². The van der Waals surface area contributed by atoms with Crippen molar-refractivity contribution in [2.75, 3.05) is 25.1 Å². The molecule has 0 saturated carbocycles. The molecule has 2 aromatic rings. The van der Waals surface area contributed by atoms with Crippen LogP contribution < -0.4 is 10.9 Å². The number of esters is 1. The van der Waals surface area contributed by atoms with Crippen molar-refractivity contribution in [1.82, 2.24) is 9.97 Å². The van der Waals surface area contributed by atoms with Gasteiger partial charge in [0.2, 0.25) is 5.95 Å². The number of anilines is 2. The number of ether oxygens (including phenoxy) is 2. The van der Waals surface area contributed by atoms with Gasteiger partial charge in [-0.05, 0) is 36.4 Å². The van der Waals surface area contributed by atoms with E-state index in [9.17, 15) is 9.59 Å². The van der Waals surface area contributed by atoms with E-state index in [-0.39, 0.29) is 12.2 Å². The lowest BCUT2D eigenvalue weighted by Crippen LogP contribution is -2.12. The number of hydrogen-bond donors (Lipinski definition) is 2. The van der Waals surface area contributed by atoms with Crippen LogP contribution >= 0.6 is 11.8 Å². The van der Waals surface area contributed by atoms with Crippen LogP contribution in [0.5, 0.6) is 0 Å². The van der Waals surface area contributed by atoms with Gasteiger partial charge in [-0.3, -0.25) is 9.78 Å². The van der Waals surface area contributed by atoms with Crippen molar-refractivity contribution in [1.29, 1.82) is 0 Å². The number of carbonyl (C=O) groups excluding carboxylic acids is 1. The molecule has 0 fully saturated rings. The number of carbonyl (C=O) groups is 1. The Morgan fingerprint density at radius 2 is 2.00 bits per heavy atom. The van der Waals surface area contributed by atoms with E-state index in [0.29, 0.717) is 41.4 Å². The van der Waals surface area contributed by atoms with Crippen molar-refractivity contribution in [3.8, 4) is 0 Å². The highest BCUT2D eigenvalue weighted by molar-refractivity contribution is 7.99. The molecule has 0 atom stereocenters. The summed E-state index contributed by atoms with van der Waals surface area (Å²) in [4.78, 5) is 30.8. The minimum absolute atomic E-state index is 0.207. The normalized spacial score (nSPS) is 10.8. The summed E-state index contributed by atoms with van der Waals surface area (Å²) in [5.74, 6) is 0.636. The standard InChI is InChI=1S/C19H25N3O4S/c1-4-25-9-10-26-18(24)14-5-7-15(8-6-14)20-19-21-16(11-17(23)22-19)12-27-13(2)3/h5-8,11,13H,4,9-10,12H2,1-3H3,(H2,20,21,22,23). The van der Waals surface area contributed by atoms with Crippen LogP contribution in [-0.2, 0) is 15.2 Å². The largest absolute Gasteiger partial charge is 0.460 e. The highest BCUT2D eigenvalue weighted by Gasteiger charge is 2.08. The molecule has 2 rings (SSSR count). The molecule has 27 heavy (non-hydrogen) atoms. The van der Waals surface area contributed by atoms with Crippen molar-refractivity contribution in [3.05, 3.63) is 51.9 Å². The average molecular weight is 391 g/mol. The molecule has 146 valence electrons. The molecule has 0 bridgehead atoms. The van der Waals surface area contributed by atoms with Gasteiger partial charge in [0.05, 0.1) is 17.9 Å². The van der Waals surface area contributed by atoms with E-state index >= 15 is 0 Å². The van der Waals surface area contributed by atoms with Gasteiger partial charge in [-0.2, -0.15) is 11.8 Å². The lowest BCUT2D eigenvalue weighted by Gasteiger charge is -2.09.